The van der Waals surface area contributed by atoms with E-state index in [2.05, 4.69) is 4.90 Å². The van der Waals surface area contributed by atoms with Crippen LogP contribution in [-0.2, 0) is 10.0 Å². The molecule has 0 spiro atoms. The highest BCUT2D eigenvalue weighted by Crippen LogP contribution is 2.20. The van der Waals surface area contributed by atoms with Gasteiger partial charge in [0.15, 0.2) is 0 Å². The molecular weight excluding hydrogens is 284 g/mol. The van der Waals surface area contributed by atoms with Crippen LogP contribution in [0.5, 0.6) is 0 Å². The minimum absolute atomic E-state index is 0.158. The molecule has 1 aromatic rings. The summed E-state index contributed by atoms with van der Waals surface area (Å²) < 4.78 is 25.0. The lowest BCUT2D eigenvalue weighted by Crippen LogP contribution is -2.49. The van der Waals surface area contributed by atoms with Crippen molar-refractivity contribution in [2.24, 2.45) is 0 Å². The Morgan fingerprint density at radius 3 is 2.58 bits per heavy atom. The van der Waals surface area contributed by atoms with Crippen molar-refractivity contribution in [3.05, 3.63) is 22.4 Å². The molecule has 1 aliphatic heterocycles. The van der Waals surface area contributed by atoms with Gasteiger partial charge in [0.2, 0.25) is 10.0 Å². The third-order valence-corrected chi connectivity index (χ3v) is 6.25. The molecule has 0 saturated carbocycles. The number of piperazine rings is 1. The average molecular weight is 304 g/mol. The number of aliphatic hydroxyl groups is 1. The van der Waals surface area contributed by atoms with Crippen molar-refractivity contribution in [2.75, 3.05) is 38.5 Å². The molecule has 1 aliphatic rings. The third kappa shape index (κ3) is 3.76. The highest BCUT2D eigenvalue weighted by Gasteiger charge is 2.26. The highest BCUT2D eigenvalue weighted by atomic mass is 32.2. The summed E-state index contributed by atoms with van der Waals surface area (Å²) in [5.74, 6) is 0.158. The van der Waals surface area contributed by atoms with E-state index < -0.39 is 16.1 Å². The van der Waals surface area contributed by atoms with Gasteiger partial charge < -0.3 is 5.11 Å². The first kappa shape index (κ1) is 14.9. The Morgan fingerprint density at radius 1 is 1.37 bits per heavy atom. The van der Waals surface area contributed by atoms with Crippen LogP contribution >= 0.6 is 11.3 Å². The summed E-state index contributed by atoms with van der Waals surface area (Å²) in [5, 5.41) is 12.0. The lowest BCUT2D eigenvalue weighted by atomic mass is 10.2. The van der Waals surface area contributed by atoms with Crippen LogP contribution in [0.1, 0.15) is 17.9 Å². The van der Waals surface area contributed by atoms with E-state index in [9.17, 15) is 13.5 Å². The summed E-state index contributed by atoms with van der Waals surface area (Å²) >= 11 is 1.55. The van der Waals surface area contributed by atoms with Crippen LogP contribution in [0, 0.1) is 0 Å². The molecule has 1 saturated heterocycles. The Morgan fingerprint density at radius 2 is 2.05 bits per heavy atom. The fraction of sp³-hybridized carbons (Fsp3) is 0.667. The van der Waals surface area contributed by atoms with Crippen LogP contribution in [0.4, 0.5) is 0 Å². The summed E-state index contributed by atoms with van der Waals surface area (Å²) in [4.78, 5) is 3.08. The minimum Gasteiger partial charge on any atom is -0.386 e. The second kappa shape index (κ2) is 6.32. The van der Waals surface area contributed by atoms with Gasteiger partial charge in [-0.15, -0.1) is 11.3 Å². The van der Waals surface area contributed by atoms with Crippen molar-refractivity contribution in [3.63, 3.8) is 0 Å². The molecule has 2 rings (SSSR count). The zero-order chi connectivity index (χ0) is 13.9. The van der Waals surface area contributed by atoms with E-state index >= 15 is 0 Å². The largest absolute Gasteiger partial charge is 0.386 e. The molecule has 1 N–H and O–H groups in total. The molecule has 0 amide bonds. The van der Waals surface area contributed by atoms with Gasteiger partial charge in [-0.25, -0.2) is 8.42 Å². The van der Waals surface area contributed by atoms with Crippen LogP contribution in [0.15, 0.2) is 17.5 Å². The van der Waals surface area contributed by atoms with Crippen LogP contribution in [0.2, 0.25) is 0 Å². The van der Waals surface area contributed by atoms with Crippen LogP contribution < -0.4 is 0 Å². The Labute approximate surface area is 118 Å². The number of hydrogen-bond acceptors (Lipinski definition) is 5. The maximum atomic E-state index is 11.7. The third-order valence-electron chi connectivity index (χ3n) is 3.39. The van der Waals surface area contributed by atoms with Crippen molar-refractivity contribution in [2.45, 2.75) is 13.0 Å². The molecule has 19 heavy (non-hydrogen) atoms. The molecule has 2 heterocycles. The molecule has 108 valence electrons. The number of hydrogen-bond donors (Lipinski definition) is 1. The fourth-order valence-electron chi connectivity index (χ4n) is 2.19. The molecule has 0 radical (unpaired) electrons. The van der Waals surface area contributed by atoms with E-state index in [1.54, 1.807) is 22.6 Å². The van der Waals surface area contributed by atoms with Gasteiger partial charge in [0, 0.05) is 37.6 Å². The number of nitrogens with zero attached hydrogens (tertiary/aromatic N) is 2. The van der Waals surface area contributed by atoms with E-state index in [0.717, 1.165) is 4.88 Å². The summed E-state index contributed by atoms with van der Waals surface area (Å²) in [6.45, 7) is 4.65. The molecule has 1 fully saturated rings. The molecule has 0 aliphatic carbocycles. The van der Waals surface area contributed by atoms with Gasteiger partial charge in [-0.2, -0.15) is 4.31 Å². The topological polar surface area (TPSA) is 60.9 Å². The predicted molar refractivity (Wildman–Crippen MR) is 76.8 cm³/mol. The van der Waals surface area contributed by atoms with Gasteiger partial charge >= 0.3 is 0 Å². The van der Waals surface area contributed by atoms with Crippen molar-refractivity contribution in [3.8, 4) is 0 Å². The zero-order valence-corrected chi connectivity index (χ0v) is 12.7. The van der Waals surface area contributed by atoms with E-state index in [1.807, 2.05) is 17.5 Å². The lowest BCUT2D eigenvalue weighted by Gasteiger charge is -2.34. The van der Waals surface area contributed by atoms with Gasteiger partial charge in [0.05, 0.1) is 5.75 Å². The second-order valence-electron chi connectivity index (χ2n) is 4.63. The fourth-order valence-corrected chi connectivity index (χ4v) is 3.98. The number of aliphatic hydroxyl groups excluding tert-OH is 1. The number of sulfonamides is 1. The van der Waals surface area contributed by atoms with E-state index in [1.165, 1.54) is 0 Å². The summed E-state index contributed by atoms with van der Waals surface area (Å²) in [5.41, 5.74) is 0. The van der Waals surface area contributed by atoms with Crippen LogP contribution in [0.3, 0.4) is 0 Å². The first-order chi connectivity index (χ1) is 9.03. The van der Waals surface area contributed by atoms with Crippen molar-refractivity contribution in [1.82, 2.24) is 9.21 Å². The van der Waals surface area contributed by atoms with E-state index in [0.29, 0.717) is 32.7 Å². The second-order valence-corrected chi connectivity index (χ2v) is 7.87. The maximum Gasteiger partial charge on any atom is 0.213 e. The van der Waals surface area contributed by atoms with Gasteiger partial charge in [-0.1, -0.05) is 6.07 Å². The van der Waals surface area contributed by atoms with Gasteiger partial charge in [-0.3, -0.25) is 4.90 Å². The molecule has 5 nitrogen and oxygen atoms in total. The molecule has 0 aromatic carbocycles. The Balaban J connectivity index is 1.84. The smallest absolute Gasteiger partial charge is 0.213 e. The first-order valence-corrected chi connectivity index (χ1v) is 8.93. The maximum absolute atomic E-state index is 11.7. The number of thiophene rings is 1. The molecule has 0 bridgehead atoms. The van der Waals surface area contributed by atoms with Crippen molar-refractivity contribution in [1.29, 1.82) is 0 Å². The molecule has 7 heteroatoms. The monoisotopic (exact) mass is 304 g/mol. The Bertz CT molecular complexity index is 479. The zero-order valence-electron chi connectivity index (χ0n) is 11.0. The summed E-state index contributed by atoms with van der Waals surface area (Å²) in [6.07, 6.45) is -0.477. The average Bonchev–Trinajstić information content (AvgIpc) is 2.93. The van der Waals surface area contributed by atoms with Crippen molar-refractivity contribution >= 4 is 21.4 Å². The Hall–Kier alpha value is -0.470. The standard InChI is InChI=1S/C12H20N2O3S2/c1-2-19(16,17)14-7-5-13(6-8-14)10-11(15)12-4-3-9-18-12/h3-4,9,11,15H,2,5-8,10H2,1H3/t11-/m0/s1. The van der Waals surface area contributed by atoms with Crippen LogP contribution in [0.25, 0.3) is 0 Å². The SMILES string of the molecule is CCS(=O)(=O)N1CCN(C[C@H](O)c2cccs2)CC1. The quantitative estimate of drug-likeness (QED) is 0.872. The molecule has 1 aromatic heterocycles. The molecular formula is C12H20N2O3S2. The Kier molecular flexibility index (Phi) is 4.97. The van der Waals surface area contributed by atoms with E-state index in [-0.39, 0.29) is 5.75 Å². The van der Waals surface area contributed by atoms with Gasteiger partial charge in [0.1, 0.15) is 6.10 Å². The minimum atomic E-state index is -3.07. The number of β-amino-alcohol motifs (C(OH)–C–C–N with tert-alkyl or cyclic N) is 1. The summed E-state index contributed by atoms with van der Waals surface area (Å²) in [7, 11) is -3.07. The van der Waals surface area contributed by atoms with E-state index in [4.69, 9.17) is 0 Å². The molecule has 0 unspecified atom stereocenters. The van der Waals surface area contributed by atoms with Crippen molar-refractivity contribution < 1.29 is 13.5 Å². The lowest BCUT2D eigenvalue weighted by molar-refractivity contribution is 0.0943. The first-order valence-electron chi connectivity index (χ1n) is 6.44. The number of rotatable bonds is 5. The van der Waals surface area contributed by atoms with Gasteiger partial charge in [-0.05, 0) is 18.4 Å². The summed E-state index contributed by atoms with van der Waals surface area (Å²) in [6, 6.07) is 3.85. The van der Waals surface area contributed by atoms with Gasteiger partial charge in [0.25, 0.3) is 0 Å². The molecule has 1 atom stereocenters. The van der Waals surface area contributed by atoms with Crippen LogP contribution in [-0.4, -0.2) is 61.2 Å². The predicted octanol–water partition coefficient (Wildman–Crippen LogP) is 0.749. The highest BCUT2D eigenvalue weighted by molar-refractivity contribution is 7.89. The normalized spacial score (nSPS) is 20.5.